The summed E-state index contributed by atoms with van der Waals surface area (Å²) in [5, 5.41) is 5.32. The first-order valence-electron chi connectivity index (χ1n) is 5.42. The first kappa shape index (κ1) is 13.3. The van der Waals surface area contributed by atoms with Gasteiger partial charge in [-0.25, -0.2) is 4.79 Å². The van der Waals surface area contributed by atoms with Gasteiger partial charge in [-0.2, -0.15) is 0 Å². The molecule has 5 heteroatoms. The van der Waals surface area contributed by atoms with Gasteiger partial charge in [0.1, 0.15) is 12.4 Å². The number of hydrogen-bond donors (Lipinski definition) is 2. The van der Waals surface area contributed by atoms with Crippen molar-refractivity contribution in [2.45, 2.75) is 0 Å². The van der Waals surface area contributed by atoms with Crippen molar-refractivity contribution in [3.05, 3.63) is 30.3 Å². The molecule has 2 amide bonds. The Morgan fingerprint density at radius 1 is 1.24 bits per heavy atom. The molecular formula is C12H17N2O3. The molecule has 17 heavy (non-hydrogen) atoms. The molecule has 0 spiro atoms. The predicted molar refractivity (Wildman–Crippen MR) is 64.1 cm³/mol. The fraction of sp³-hybridized carbons (Fsp3) is 0.417. The molecule has 0 aliphatic carbocycles. The third kappa shape index (κ3) is 6.42. The highest BCUT2D eigenvalue weighted by molar-refractivity contribution is 5.73. The number of nitrogens with one attached hydrogen (secondary N) is 2. The lowest BCUT2D eigenvalue weighted by Crippen LogP contribution is -2.39. The Morgan fingerprint density at radius 2 is 1.88 bits per heavy atom. The second-order valence-electron chi connectivity index (χ2n) is 3.26. The number of carbonyl (C=O) groups is 1. The first-order chi connectivity index (χ1) is 8.33. The first-order valence-corrected chi connectivity index (χ1v) is 5.42. The van der Waals surface area contributed by atoms with E-state index in [1.807, 2.05) is 12.1 Å². The van der Waals surface area contributed by atoms with Crippen molar-refractivity contribution in [3.63, 3.8) is 0 Å². The van der Waals surface area contributed by atoms with Gasteiger partial charge in [0.15, 0.2) is 0 Å². The molecule has 0 aliphatic rings. The number of hydrogen-bond acceptors (Lipinski definition) is 3. The van der Waals surface area contributed by atoms with Crippen molar-refractivity contribution in [1.82, 2.24) is 10.6 Å². The maximum absolute atomic E-state index is 11.2. The minimum atomic E-state index is -0.216. The molecule has 0 aromatic heterocycles. The summed E-state index contributed by atoms with van der Waals surface area (Å²) in [5.74, 6) is 0.769. The lowest BCUT2D eigenvalue weighted by atomic mass is 10.3. The summed E-state index contributed by atoms with van der Waals surface area (Å²) in [7, 11) is 1.59. The number of ether oxygens (including phenoxy) is 2. The SMILES string of the molecule is COCCNC(=O)NCCOc1cc[c]cc1. The van der Waals surface area contributed by atoms with Crippen molar-refractivity contribution >= 4 is 6.03 Å². The van der Waals surface area contributed by atoms with Crippen LogP contribution in [0.2, 0.25) is 0 Å². The molecule has 0 fully saturated rings. The van der Waals surface area contributed by atoms with Crippen LogP contribution in [0.4, 0.5) is 4.79 Å². The van der Waals surface area contributed by atoms with E-state index in [9.17, 15) is 4.79 Å². The largest absolute Gasteiger partial charge is 0.492 e. The fourth-order valence-electron chi connectivity index (χ4n) is 1.13. The van der Waals surface area contributed by atoms with E-state index in [4.69, 9.17) is 9.47 Å². The smallest absolute Gasteiger partial charge is 0.314 e. The Labute approximate surface area is 101 Å². The number of benzene rings is 1. The Hall–Kier alpha value is -1.75. The third-order valence-electron chi connectivity index (χ3n) is 1.94. The van der Waals surface area contributed by atoms with Gasteiger partial charge in [-0.1, -0.05) is 12.1 Å². The molecule has 1 aromatic carbocycles. The zero-order valence-corrected chi connectivity index (χ0v) is 9.86. The second kappa shape index (κ2) is 8.41. The van der Waals surface area contributed by atoms with Crippen LogP contribution in [0.1, 0.15) is 0 Å². The molecule has 1 rings (SSSR count). The number of urea groups is 1. The summed E-state index contributed by atoms with van der Waals surface area (Å²) in [5.41, 5.74) is 0. The van der Waals surface area contributed by atoms with Gasteiger partial charge in [0, 0.05) is 13.7 Å². The average molecular weight is 237 g/mol. The molecule has 2 N–H and O–H groups in total. The van der Waals surface area contributed by atoms with Crippen molar-refractivity contribution in [2.75, 3.05) is 33.4 Å². The number of carbonyl (C=O) groups excluding carboxylic acids is 1. The third-order valence-corrected chi connectivity index (χ3v) is 1.94. The number of amides is 2. The van der Waals surface area contributed by atoms with E-state index in [2.05, 4.69) is 16.7 Å². The van der Waals surface area contributed by atoms with E-state index in [0.29, 0.717) is 26.3 Å². The molecule has 0 bridgehead atoms. The second-order valence-corrected chi connectivity index (χ2v) is 3.26. The topological polar surface area (TPSA) is 59.6 Å². The van der Waals surface area contributed by atoms with E-state index in [0.717, 1.165) is 5.75 Å². The van der Waals surface area contributed by atoms with Gasteiger partial charge in [0.05, 0.1) is 13.2 Å². The Kier molecular flexibility index (Phi) is 6.59. The minimum absolute atomic E-state index is 0.216. The molecule has 1 radical (unpaired) electrons. The molecule has 5 nitrogen and oxygen atoms in total. The summed E-state index contributed by atoms with van der Waals surface area (Å²) in [6.07, 6.45) is 0. The quantitative estimate of drug-likeness (QED) is 0.690. The summed E-state index contributed by atoms with van der Waals surface area (Å²) in [6, 6.07) is 9.88. The van der Waals surface area contributed by atoms with E-state index in [-0.39, 0.29) is 6.03 Å². The highest BCUT2D eigenvalue weighted by Crippen LogP contribution is 2.06. The molecule has 1 aromatic rings. The Balaban J connectivity index is 2.02. The molecular weight excluding hydrogens is 220 g/mol. The number of rotatable bonds is 7. The molecule has 0 saturated carbocycles. The van der Waals surface area contributed by atoms with Crippen LogP contribution >= 0.6 is 0 Å². The molecule has 0 unspecified atom stereocenters. The van der Waals surface area contributed by atoms with Gasteiger partial charge in [-0.3, -0.25) is 0 Å². The van der Waals surface area contributed by atoms with Gasteiger partial charge in [0.2, 0.25) is 0 Å². The van der Waals surface area contributed by atoms with Crippen LogP contribution in [-0.2, 0) is 4.74 Å². The van der Waals surface area contributed by atoms with Crippen LogP contribution in [0.3, 0.4) is 0 Å². The molecule has 0 saturated heterocycles. The normalized spacial score (nSPS) is 9.71. The number of methoxy groups -OCH3 is 1. The van der Waals surface area contributed by atoms with Gasteiger partial charge in [-0.15, -0.1) is 0 Å². The summed E-state index contributed by atoms with van der Waals surface area (Å²) < 4.78 is 10.2. The maximum Gasteiger partial charge on any atom is 0.314 e. The van der Waals surface area contributed by atoms with E-state index in [1.54, 1.807) is 19.2 Å². The Morgan fingerprint density at radius 3 is 2.53 bits per heavy atom. The zero-order valence-electron chi connectivity index (χ0n) is 9.86. The maximum atomic E-state index is 11.2. The van der Waals surface area contributed by atoms with Crippen LogP contribution < -0.4 is 15.4 Å². The monoisotopic (exact) mass is 237 g/mol. The highest BCUT2D eigenvalue weighted by atomic mass is 16.5. The highest BCUT2D eigenvalue weighted by Gasteiger charge is 1.98. The lowest BCUT2D eigenvalue weighted by Gasteiger charge is -2.08. The van der Waals surface area contributed by atoms with Crippen LogP contribution in [0.15, 0.2) is 24.3 Å². The van der Waals surface area contributed by atoms with Gasteiger partial charge in [-0.05, 0) is 18.2 Å². The van der Waals surface area contributed by atoms with Crippen molar-refractivity contribution in [1.29, 1.82) is 0 Å². The standard InChI is InChI=1S/C12H17N2O3/c1-16-9-7-13-12(15)14-8-10-17-11-5-3-2-4-6-11/h3-6H,7-10H2,1H3,(H2,13,14,15). The van der Waals surface area contributed by atoms with Crippen molar-refractivity contribution < 1.29 is 14.3 Å². The van der Waals surface area contributed by atoms with Gasteiger partial charge >= 0.3 is 6.03 Å². The van der Waals surface area contributed by atoms with Gasteiger partial charge in [0.25, 0.3) is 0 Å². The average Bonchev–Trinajstić information content (AvgIpc) is 2.36. The van der Waals surface area contributed by atoms with E-state index < -0.39 is 0 Å². The molecule has 0 heterocycles. The molecule has 0 aliphatic heterocycles. The van der Waals surface area contributed by atoms with Crippen LogP contribution in [0, 0.1) is 6.07 Å². The molecule has 93 valence electrons. The van der Waals surface area contributed by atoms with Gasteiger partial charge < -0.3 is 20.1 Å². The summed E-state index contributed by atoms with van der Waals surface area (Å²) in [6.45, 7) is 1.89. The van der Waals surface area contributed by atoms with Crippen LogP contribution in [0.5, 0.6) is 5.75 Å². The van der Waals surface area contributed by atoms with E-state index >= 15 is 0 Å². The van der Waals surface area contributed by atoms with E-state index in [1.165, 1.54) is 0 Å². The Bertz CT molecular complexity index is 317. The zero-order chi connectivity index (χ0) is 12.3. The van der Waals surface area contributed by atoms with Crippen molar-refractivity contribution in [2.24, 2.45) is 0 Å². The van der Waals surface area contributed by atoms with Crippen molar-refractivity contribution in [3.8, 4) is 5.75 Å². The summed E-state index contributed by atoms with van der Waals surface area (Å²) >= 11 is 0. The fourth-order valence-corrected chi connectivity index (χ4v) is 1.13. The van der Waals surface area contributed by atoms with Crippen LogP contribution in [0.25, 0.3) is 0 Å². The van der Waals surface area contributed by atoms with Crippen LogP contribution in [-0.4, -0.2) is 39.4 Å². The minimum Gasteiger partial charge on any atom is -0.492 e. The predicted octanol–water partition coefficient (Wildman–Crippen LogP) is 0.811. The molecule has 0 atom stereocenters. The summed E-state index contributed by atoms with van der Waals surface area (Å²) in [4.78, 5) is 11.2. The lowest BCUT2D eigenvalue weighted by molar-refractivity contribution is 0.195.